The van der Waals surface area contributed by atoms with Gasteiger partial charge in [-0.25, -0.2) is 4.79 Å². The number of aliphatic carboxylic acids is 1. The van der Waals surface area contributed by atoms with Gasteiger partial charge in [-0.1, -0.05) is 19.9 Å². The lowest BCUT2D eigenvalue weighted by Gasteiger charge is -2.02. The average Bonchev–Trinajstić information content (AvgIpc) is 1.85. The SMILES string of the molecule is CC(C)COCC=CC(=O)O. The molecule has 0 saturated heterocycles. The van der Waals surface area contributed by atoms with Crippen LogP contribution in [0.1, 0.15) is 13.8 Å². The van der Waals surface area contributed by atoms with E-state index in [9.17, 15) is 4.79 Å². The highest BCUT2D eigenvalue weighted by atomic mass is 16.5. The zero-order valence-corrected chi connectivity index (χ0v) is 6.91. The van der Waals surface area contributed by atoms with Crippen LogP contribution < -0.4 is 0 Å². The van der Waals surface area contributed by atoms with Crippen molar-refractivity contribution in [3.8, 4) is 0 Å². The average molecular weight is 158 g/mol. The van der Waals surface area contributed by atoms with E-state index in [1.165, 1.54) is 6.08 Å². The van der Waals surface area contributed by atoms with Gasteiger partial charge in [0, 0.05) is 12.7 Å². The number of hydrogen-bond acceptors (Lipinski definition) is 2. The molecule has 0 saturated carbocycles. The lowest BCUT2D eigenvalue weighted by atomic mass is 10.2. The lowest BCUT2D eigenvalue weighted by molar-refractivity contribution is -0.131. The number of carboxylic acid groups (broad SMARTS) is 1. The van der Waals surface area contributed by atoms with Crippen LogP contribution in [0, 0.1) is 5.92 Å². The summed E-state index contributed by atoms with van der Waals surface area (Å²) in [6, 6.07) is 0. The summed E-state index contributed by atoms with van der Waals surface area (Å²) in [5.41, 5.74) is 0. The van der Waals surface area contributed by atoms with Gasteiger partial charge in [0.1, 0.15) is 0 Å². The molecule has 0 spiro atoms. The summed E-state index contributed by atoms with van der Waals surface area (Å²) in [4.78, 5) is 9.95. The fraction of sp³-hybridized carbons (Fsp3) is 0.625. The van der Waals surface area contributed by atoms with Gasteiger partial charge in [0.2, 0.25) is 0 Å². The van der Waals surface area contributed by atoms with Crippen LogP contribution in [0.15, 0.2) is 12.2 Å². The molecule has 3 heteroatoms. The zero-order chi connectivity index (χ0) is 8.69. The summed E-state index contributed by atoms with van der Waals surface area (Å²) in [5, 5.41) is 8.18. The Morgan fingerprint density at radius 2 is 2.27 bits per heavy atom. The normalized spacial score (nSPS) is 11.2. The maximum absolute atomic E-state index is 9.95. The van der Waals surface area contributed by atoms with Gasteiger partial charge >= 0.3 is 5.97 Å². The molecule has 0 aromatic rings. The van der Waals surface area contributed by atoms with Crippen LogP contribution >= 0.6 is 0 Å². The van der Waals surface area contributed by atoms with Crippen molar-refractivity contribution in [2.75, 3.05) is 13.2 Å². The van der Waals surface area contributed by atoms with Crippen LogP contribution in [0.25, 0.3) is 0 Å². The van der Waals surface area contributed by atoms with Crippen molar-refractivity contribution in [2.45, 2.75) is 13.8 Å². The summed E-state index contributed by atoms with van der Waals surface area (Å²) >= 11 is 0. The quantitative estimate of drug-likeness (QED) is 0.484. The van der Waals surface area contributed by atoms with Crippen molar-refractivity contribution in [3.05, 3.63) is 12.2 Å². The van der Waals surface area contributed by atoms with E-state index in [2.05, 4.69) is 0 Å². The number of hydrogen-bond donors (Lipinski definition) is 1. The van der Waals surface area contributed by atoms with Gasteiger partial charge < -0.3 is 9.84 Å². The van der Waals surface area contributed by atoms with Crippen LogP contribution in [0.3, 0.4) is 0 Å². The van der Waals surface area contributed by atoms with E-state index in [1.54, 1.807) is 0 Å². The number of carbonyl (C=O) groups is 1. The molecule has 0 amide bonds. The molecular formula is C8H14O3. The third-order valence-electron chi connectivity index (χ3n) is 0.926. The van der Waals surface area contributed by atoms with Gasteiger partial charge in [0.05, 0.1) is 6.61 Å². The van der Waals surface area contributed by atoms with Gasteiger partial charge in [-0.3, -0.25) is 0 Å². The first kappa shape index (κ1) is 10.2. The van der Waals surface area contributed by atoms with Crippen LogP contribution in [0.5, 0.6) is 0 Å². The smallest absolute Gasteiger partial charge is 0.328 e. The van der Waals surface area contributed by atoms with Crippen molar-refractivity contribution < 1.29 is 14.6 Å². The summed E-state index contributed by atoms with van der Waals surface area (Å²) in [6.07, 6.45) is 2.57. The number of carboxylic acids is 1. The van der Waals surface area contributed by atoms with Gasteiger partial charge in [-0.15, -0.1) is 0 Å². The second-order valence-electron chi connectivity index (χ2n) is 2.67. The molecule has 0 aliphatic rings. The van der Waals surface area contributed by atoms with Crippen molar-refractivity contribution in [1.82, 2.24) is 0 Å². The minimum Gasteiger partial charge on any atom is -0.478 e. The molecule has 3 nitrogen and oxygen atoms in total. The molecular weight excluding hydrogens is 144 g/mol. The molecule has 0 radical (unpaired) electrons. The minimum atomic E-state index is -0.932. The molecule has 0 fully saturated rings. The summed E-state index contributed by atoms with van der Waals surface area (Å²) < 4.78 is 5.10. The lowest BCUT2D eigenvalue weighted by Crippen LogP contribution is -2.01. The summed E-state index contributed by atoms with van der Waals surface area (Å²) in [5.74, 6) is -0.439. The molecule has 0 aliphatic heterocycles. The van der Waals surface area contributed by atoms with Crippen LogP contribution in [0.4, 0.5) is 0 Å². The molecule has 11 heavy (non-hydrogen) atoms. The maximum Gasteiger partial charge on any atom is 0.328 e. The highest BCUT2D eigenvalue weighted by Crippen LogP contribution is 1.91. The first-order valence-electron chi connectivity index (χ1n) is 3.60. The number of ether oxygens (including phenoxy) is 1. The van der Waals surface area contributed by atoms with Crippen molar-refractivity contribution in [3.63, 3.8) is 0 Å². The van der Waals surface area contributed by atoms with E-state index in [-0.39, 0.29) is 0 Å². The first-order valence-corrected chi connectivity index (χ1v) is 3.60. The third kappa shape index (κ3) is 9.17. The summed E-state index contributed by atoms with van der Waals surface area (Å²) in [6.45, 7) is 5.14. The highest BCUT2D eigenvalue weighted by molar-refractivity contribution is 5.79. The van der Waals surface area contributed by atoms with E-state index in [0.717, 1.165) is 6.08 Å². The van der Waals surface area contributed by atoms with E-state index in [0.29, 0.717) is 19.1 Å². The van der Waals surface area contributed by atoms with E-state index < -0.39 is 5.97 Å². The van der Waals surface area contributed by atoms with Crippen LogP contribution in [-0.2, 0) is 9.53 Å². The largest absolute Gasteiger partial charge is 0.478 e. The Morgan fingerprint density at radius 1 is 1.64 bits per heavy atom. The molecule has 1 N–H and O–H groups in total. The molecule has 0 unspecified atom stereocenters. The summed E-state index contributed by atoms with van der Waals surface area (Å²) in [7, 11) is 0. The Labute approximate surface area is 66.7 Å². The second kappa shape index (κ2) is 5.92. The predicted molar refractivity (Wildman–Crippen MR) is 42.4 cm³/mol. The third-order valence-corrected chi connectivity index (χ3v) is 0.926. The van der Waals surface area contributed by atoms with Gasteiger partial charge in [-0.2, -0.15) is 0 Å². The Kier molecular flexibility index (Phi) is 5.47. The van der Waals surface area contributed by atoms with Crippen molar-refractivity contribution in [2.24, 2.45) is 5.92 Å². The molecule has 0 bridgehead atoms. The van der Waals surface area contributed by atoms with E-state index in [1.807, 2.05) is 13.8 Å². The van der Waals surface area contributed by atoms with E-state index in [4.69, 9.17) is 9.84 Å². The topological polar surface area (TPSA) is 46.5 Å². The Morgan fingerprint density at radius 3 is 2.73 bits per heavy atom. The Hall–Kier alpha value is -0.830. The molecule has 0 heterocycles. The van der Waals surface area contributed by atoms with Crippen LogP contribution in [0.2, 0.25) is 0 Å². The molecule has 0 aliphatic carbocycles. The van der Waals surface area contributed by atoms with Crippen LogP contribution in [-0.4, -0.2) is 24.3 Å². The Balaban J connectivity index is 3.21. The number of rotatable bonds is 5. The Bertz CT molecular complexity index is 138. The maximum atomic E-state index is 9.95. The van der Waals surface area contributed by atoms with Gasteiger partial charge in [0.15, 0.2) is 0 Å². The molecule has 64 valence electrons. The predicted octanol–water partition coefficient (Wildman–Crippen LogP) is 1.30. The van der Waals surface area contributed by atoms with E-state index >= 15 is 0 Å². The fourth-order valence-electron chi connectivity index (χ4n) is 0.521. The fourth-order valence-corrected chi connectivity index (χ4v) is 0.521. The molecule has 0 atom stereocenters. The van der Waals surface area contributed by atoms with Gasteiger partial charge in [-0.05, 0) is 5.92 Å². The van der Waals surface area contributed by atoms with Crippen molar-refractivity contribution >= 4 is 5.97 Å². The molecule has 0 rings (SSSR count). The minimum absolute atomic E-state index is 0.379. The second-order valence-corrected chi connectivity index (χ2v) is 2.67. The molecule has 0 aromatic carbocycles. The highest BCUT2D eigenvalue weighted by Gasteiger charge is 1.91. The molecule has 0 aromatic heterocycles. The standard InChI is InChI=1S/C8H14O3/c1-7(2)6-11-5-3-4-8(9)10/h3-4,7H,5-6H2,1-2H3,(H,9,10). The monoisotopic (exact) mass is 158 g/mol. The van der Waals surface area contributed by atoms with Gasteiger partial charge in [0.25, 0.3) is 0 Å². The zero-order valence-electron chi connectivity index (χ0n) is 6.91. The van der Waals surface area contributed by atoms with Crippen molar-refractivity contribution in [1.29, 1.82) is 0 Å². The first-order chi connectivity index (χ1) is 5.13.